The fraction of sp³-hybridized carbons (Fsp3) is 0.312. The first-order valence-corrected chi connectivity index (χ1v) is 9.61. The van der Waals surface area contributed by atoms with E-state index in [-0.39, 0.29) is 22.2 Å². The first-order valence-electron chi connectivity index (χ1n) is 7.75. The highest BCUT2D eigenvalue weighted by Gasteiger charge is 2.24. The Morgan fingerprint density at radius 1 is 1.28 bits per heavy atom. The first kappa shape index (κ1) is 17.6. The predicted molar refractivity (Wildman–Crippen MR) is 94.7 cm³/mol. The third kappa shape index (κ3) is 3.74. The zero-order valence-corrected chi connectivity index (χ0v) is 15.2. The number of ether oxygens (including phenoxy) is 1. The Hall–Kier alpha value is -2.19. The van der Waals surface area contributed by atoms with Crippen LogP contribution in [0.2, 0.25) is 5.02 Å². The normalized spacial score (nSPS) is 14.6. The van der Waals surface area contributed by atoms with E-state index in [1.54, 1.807) is 17.0 Å². The average Bonchev–Trinajstić information content (AvgIpc) is 3.26. The van der Waals surface area contributed by atoms with Gasteiger partial charge in [0.1, 0.15) is 16.3 Å². The van der Waals surface area contributed by atoms with Gasteiger partial charge >= 0.3 is 0 Å². The quantitative estimate of drug-likeness (QED) is 0.830. The van der Waals surface area contributed by atoms with Crippen LogP contribution >= 0.6 is 11.6 Å². The van der Waals surface area contributed by atoms with Crippen LogP contribution < -0.4 is 9.46 Å². The molecule has 1 aliphatic heterocycles. The molecule has 7 nitrogen and oxygen atoms in total. The van der Waals surface area contributed by atoms with Gasteiger partial charge in [-0.2, -0.15) is 0 Å². The summed E-state index contributed by atoms with van der Waals surface area (Å²) >= 11 is 5.92. The molecular formula is C16H18ClN3O4S. The SMILES string of the molecule is COc1ccc(Cl)cc1NS(=O)(=O)c1c[nH]c(C(=O)N2CCCC2)c1. The Morgan fingerprint density at radius 3 is 2.68 bits per heavy atom. The maximum Gasteiger partial charge on any atom is 0.270 e. The second-order valence-electron chi connectivity index (χ2n) is 5.70. The highest BCUT2D eigenvalue weighted by molar-refractivity contribution is 7.92. The second kappa shape index (κ2) is 6.97. The van der Waals surface area contributed by atoms with Gasteiger partial charge in [0.25, 0.3) is 15.9 Å². The number of benzene rings is 1. The summed E-state index contributed by atoms with van der Waals surface area (Å²) < 4.78 is 32.7. The van der Waals surface area contributed by atoms with Crippen molar-refractivity contribution in [1.82, 2.24) is 9.88 Å². The summed E-state index contributed by atoms with van der Waals surface area (Å²) in [5, 5.41) is 0.373. The van der Waals surface area contributed by atoms with E-state index in [4.69, 9.17) is 16.3 Å². The molecule has 1 aliphatic rings. The van der Waals surface area contributed by atoms with Crippen LogP contribution in [0.3, 0.4) is 0 Å². The molecule has 9 heteroatoms. The topological polar surface area (TPSA) is 91.5 Å². The lowest BCUT2D eigenvalue weighted by Crippen LogP contribution is -2.27. The molecular weight excluding hydrogens is 366 g/mol. The molecule has 1 saturated heterocycles. The molecule has 2 heterocycles. The van der Waals surface area contributed by atoms with E-state index in [2.05, 4.69) is 9.71 Å². The van der Waals surface area contributed by atoms with Crippen molar-refractivity contribution in [2.75, 3.05) is 24.9 Å². The van der Waals surface area contributed by atoms with E-state index in [9.17, 15) is 13.2 Å². The molecule has 1 amide bonds. The number of carbonyl (C=O) groups excluding carboxylic acids is 1. The Labute approximate surface area is 151 Å². The first-order chi connectivity index (χ1) is 11.9. The van der Waals surface area contributed by atoms with E-state index in [1.165, 1.54) is 25.4 Å². The van der Waals surface area contributed by atoms with Crippen molar-refractivity contribution in [3.63, 3.8) is 0 Å². The number of amides is 1. The number of likely N-dealkylation sites (tertiary alicyclic amines) is 1. The molecule has 0 bridgehead atoms. The average molecular weight is 384 g/mol. The summed E-state index contributed by atoms with van der Waals surface area (Å²) in [4.78, 5) is 16.8. The molecule has 1 aromatic carbocycles. The lowest BCUT2D eigenvalue weighted by atomic mass is 10.3. The number of halogens is 1. The van der Waals surface area contributed by atoms with E-state index < -0.39 is 10.0 Å². The molecule has 134 valence electrons. The third-order valence-electron chi connectivity index (χ3n) is 4.00. The number of aromatic amines is 1. The van der Waals surface area contributed by atoms with Crippen molar-refractivity contribution in [2.45, 2.75) is 17.7 Å². The smallest absolute Gasteiger partial charge is 0.270 e. The molecule has 1 fully saturated rings. The maximum atomic E-state index is 12.6. The number of carbonyl (C=O) groups is 1. The van der Waals surface area contributed by atoms with Crippen LogP contribution in [0.1, 0.15) is 23.3 Å². The minimum Gasteiger partial charge on any atom is -0.495 e. The molecule has 0 unspecified atom stereocenters. The molecule has 1 aromatic heterocycles. The van der Waals surface area contributed by atoms with Gasteiger partial charge in [-0.05, 0) is 37.1 Å². The summed E-state index contributed by atoms with van der Waals surface area (Å²) in [6.07, 6.45) is 3.23. The molecule has 0 aliphatic carbocycles. The number of H-pyrrole nitrogens is 1. The van der Waals surface area contributed by atoms with Crippen LogP contribution in [0.4, 0.5) is 5.69 Å². The van der Waals surface area contributed by atoms with Crippen LogP contribution in [-0.4, -0.2) is 44.4 Å². The zero-order valence-electron chi connectivity index (χ0n) is 13.6. The van der Waals surface area contributed by atoms with Gasteiger partial charge in [-0.1, -0.05) is 11.6 Å². The van der Waals surface area contributed by atoms with Crippen LogP contribution in [0.5, 0.6) is 5.75 Å². The van der Waals surface area contributed by atoms with Gasteiger partial charge in [0.2, 0.25) is 0 Å². The zero-order chi connectivity index (χ0) is 18.0. The largest absolute Gasteiger partial charge is 0.495 e. The number of hydrogen-bond donors (Lipinski definition) is 2. The minimum absolute atomic E-state index is 0.0305. The molecule has 2 aromatic rings. The summed E-state index contributed by atoms with van der Waals surface area (Å²) in [5.41, 5.74) is 0.476. The van der Waals surface area contributed by atoms with Gasteiger partial charge in [0, 0.05) is 24.3 Å². The van der Waals surface area contributed by atoms with Gasteiger partial charge in [-0.25, -0.2) is 8.42 Å². The maximum absolute atomic E-state index is 12.6. The van der Waals surface area contributed by atoms with Crippen molar-refractivity contribution in [1.29, 1.82) is 0 Å². The van der Waals surface area contributed by atoms with Crippen LogP contribution in [0.15, 0.2) is 35.4 Å². The van der Waals surface area contributed by atoms with Crippen molar-refractivity contribution in [3.05, 3.63) is 41.2 Å². The second-order valence-corrected chi connectivity index (χ2v) is 7.82. The van der Waals surface area contributed by atoms with E-state index in [0.717, 1.165) is 12.8 Å². The van der Waals surface area contributed by atoms with Gasteiger partial charge in [-0.3, -0.25) is 9.52 Å². The Balaban J connectivity index is 1.84. The summed E-state index contributed by atoms with van der Waals surface area (Å²) in [7, 11) is -2.45. The van der Waals surface area contributed by atoms with Crippen molar-refractivity contribution < 1.29 is 17.9 Å². The monoisotopic (exact) mass is 383 g/mol. The molecule has 0 radical (unpaired) electrons. The van der Waals surface area contributed by atoms with Gasteiger partial charge in [0.15, 0.2) is 0 Å². The van der Waals surface area contributed by atoms with Crippen molar-refractivity contribution in [3.8, 4) is 5.75 Å². The molecule has 0 saturated carbocycles. The van der Waals surface area contributed by atoms with Crippen LogP contribution in [-0.2, 0) is 10.0 Å². The van der Waals surface area contributed by atoms with E-state index in [1.807, 2.05) is 0 Å². The summed E-state index contributed by atoms with van der Waals surface area (Å²) in [6.45, 7) is 1.38. The third-order valence-corrected chi connectivity index (χ3v) is 5.58. The minimum atomic E-state index is -3.89. The van der Waals surface area contributed by atoms with Gasteiger partial charge in [-0.15, -0.1) is 0 Å². The van der Waals surface area contributed by atoms with Crippen LogP contribution in [0, 0.1) is 0 Å². The lowest BCUT2D eigenvalue weighted by Gasteiger charge is -2.13. The van der Waals surface area contributed by atoms with E-state index >= 15 is 0 Å². The standard InChI is InChI=1S/C16H18ClN3O4S/c1-24-15-5-4-11(17)8-13(15)19-25(22,23)12-9-14(18-10-12)16(21)20-6-2-3-7-20/h4-5,8-10,18-19H,2-3,6-7H2,1H3. The number of nitrogens with zero attached hydrogens (tertiary/aromatic N) is 1. The number of sulfonamides is 1. The highest BCUT2D eigenvalue weighted by Crippen LogP contribution is 2.30. The summed E-state index contributed by atoms with van der Waals surface area (Å²) in [6, 6.07) is 5.96. The predicted octanol–water partition coefficient (Wildman–Crippen LogP) is 2.71. The highest BCUT2D eigenvalue weighted by atomic mass is 35.5. The Kier molecular flexibility index (Phi) is 4.91. The van der Waals surface area contributed by atoms with E-state index in [0.29, 0.717) is 23.9 Å². The fourth-order valence-corrected chi connectivity index (χ4v) is 3.93. The number of methoxy groups -OCH3 is 1. The Bertz CT molecular complexity index is 889. The number of anilines is 1. The number of aromatic nitrogens is 1. The summed E-state index contributed by atoms with van der Waals surface area (Å²) in [5.74, 6) is 0.149. The Morgan fingerprint density at radius 2 is 2.00 bits per heavy atom. The number of rotatable bonds is 5. The van der Waals surface area contributed by atoms with Crippen molar-refractivity contribution >= 4 is 33.2 Å². The van der Waals surface area contributed by atoms with Gasteiger partial charge < -0.3 is 14.6 Å². The number of nitrogens with one attached hydrogen (secondary N) is 2. The number of hydrogen-bond acceptors (Lipinski definition) is 4. The fourth-order valence-electron chi connectivity index (χ4n) is 2.71. The van der Waals surface area contributed by atoms with Crippen LogP contribution in [0.25, 0.3) is 0 Å². The molecule has 3 rings (SSSR count). The van der Waals surface area contributed by atoms with Gasteiger partial charge in [0.05, 0.1) is 12.8 Å². The molecule has 0 atom stereocenters. The molecule has 2 N–H and O–H groups in total. The lowest BCUT2D eigenvalue weighted by molar-refractivity contribution is 0.0787. The van der Waals surface area contributed by atoms with Crippen molar-refractivity contribution in [2.24, 2.45) is 0 Å². The molecule has 0 spiro atoms. The molecule has 25 heavy (non-hydrogen) atoms.